The lowest BCUT2D eigenvalue weighted by Gasteiger charge is -2.25. The van der Waals surface area contributed by atoms with Crippen molar-refractivity contribution in [1.82, 2.24) is 0 Å². The van der Waals surface area contributed by atoms with Gasteiger partial charge in [0.15, 0.2) is 0 Å². The molecular weight excluding hydrogens is 1470 g/mol. The third-order valence-corrected chi connectivity index (χ3v) is 16.4. The van der Waals surface area contributed by atoms with E-state index in [-0.39, 0.29) is 219 Å². The Morgan fingerprint density at radius 3 is 0.741 bits per heavy atom. The molecule has 17 unspecified atom stereocenters. The van der Waals surface area contributed by atoms with Crippen LogP contribution < -0.4 is 9.47 Å². The van der Waals surface area contributed by atoms with Crippen molar-refractivity contribution in [3.8, 4) is 11.5 Å². The Labute approximate surface area is 632 Å². The molecule has 13 N–H and O–H groups in total. The van der Waals surface area contributed by atoms with Crippen LogP contribution in [0.25, 0.3) is 0 Å². The summed E-state index contributed by atoms with van der Waals surface area (Å²) in [6.45, 7) is -5.45. The zero-order chi connectivity index (χ0) is 79.6. The molecule has 0 aliphatic heterocycles. The van der Waals surface area contributed by atoms with E-state index in [1.165, 1.54) is 91.2 Å². The Balaban J connectivity index is 2.11. The molecule has 634 valence electrons. The lowest BCUT2D eigenvalue weighted by Crippen LogP contribution is -2.37. The second-order valence-electron chi connectivity index (χ2n) is 24.8. The highest BCUT2D eigenvalue weighted by molar-refractivity contribution is 7.91. The van der Waals surface area contributed by atoms with Gasteiger partial charge in [-0.15, -0.1) is 0 Å². The fourth-order valence-electron chi connectivity index (χ4n) is 9.01. The van der Waals surface area contributed by atoms with Crippen molar-refractivity contribution in [2.24, 2.45) is 0 Å². The lowest BCUT2D eigenvalue weighted by molar-refractivity contribution is -0.135. The summed E-state index contributed by atoms with van der Waals surface area (Å²) in [4.78, 5) is -0.162. The van der Waals surface area contributed by atoms with Crippen molar-refractivity contribution >= 4 is 9.84 Å². The summed E-state index contributed by atoms with van der Waals surface area (Å²) < 4.78 is 156. The number of ether oxygens (including phenoxy) is 23. The van der Waals surface area contributed by atoms with Gasteiger partial charge in [-0.2, -0.15) is 0 Å². The van der Waals surface area contributed by atoms with Crippen LogP contribution in [0.1, 0.15) is 0 Å². The normalized spacial score (nSPS) is 17.0. The molecule has 108 heavy (non-hydrogen) atoms. The summed E-state index contributed by atoms with van der Waals surface area (Å²) in [6.07, 6.45) is -15.8. The summed E-state index contributed by atoms with van der Waals surface area (Å²) in [5.41, 5.74) is 0. The summed E-state index contributed by atoms with van der Waals surface area (Å²) in [5, 5.41) is 131. The maximum absolute atomic E-state index is 13.8. The molecule has 0 saturated heterocycles. The predicted octanol–water partition coefficient (Wildman–Crippen LogP) is -5.43. The molecule has 0 bridgehead atoms. The molecule has 2 rings (SSSR count). The first-order valence-corrected chi connectivity index (χ1v) is 36.7. The first kappa shape index (κ1) is 101. The fourth-order valence-corrected chi connectivity index (χ4v) is 10.3. The van der Waals surface area contributed by atoms with Gasteiger partial charge in [-0.05, 0) is 48.5 Å². The first-order valence-electron chi connectivity index (χ1n) is 35.3. The minimum Gasteiger partial charge on any atom is -0.491 e. The van der Waals surface area contributed by atoms with E-state index in [1.807, 2.05) is 0 Å². The van der Waals surface area contributed by atoms with Crippen LogP contribution in [0.15, 0.2) is 58.3 Å². The minimum absolute atomic E-state index is 0.00227. The fraction of sp³-hybridized carbons (Fsp3) is 0.826. The average Bonchev–Trinajstić information content (AvgIpc) is 0.803. The van der Waals surface area contributed by atoms with Crippen LogP contribution >= 0.6 is 0 Å². The number of sulfone groups is 1. The highest BCUT2D eigenvalue weighted by Crippen LogP contribution is 2.26. The van der Waals surface area contributed by atoms with Crippen molar-refractivity contribution in [2.75, 3.05) is 267 Å². The largest absolute Gasteiger partial charge is 0.491 e. The van der Waals surface area contributed by atoms with Crippen LogP contribution in [-0.4, -0.2) is 446 Å². The van der Waals surface area contributed by atoms with Crippen LogP contribution in [0.2, 0.25) is 0 Å². The predicted molar refractivity (Wildman–Crippen MR) is 377 cm³/mol. The number of aliphatic hydroxyl groups excluding tert-OH is 13. The van der Waals surface area contributed by atoms with E-state index in [2.05, 4.69) is 0 Å². The quantitative estimate of drug-likeness (QED) is 0.0294. The molecule has 0 radical (unpaired) electrons. The van der Waals surface area contributed by atoms with Crippen molar-refractivity contribution in [3.63, 3.8) is 0 Å². The third-order valence-electron chi connectivity index (χ3n) is 14.6. The van der Waals surface area contributed by atoms with Gasteiger partial charge in [0.2, 0.25) is 9.84 Å². The standard InChI is InChI=1S/C69H124O38S/c1-85-19-51(76)28-100-62(35-89-5)38-93-26-56(81)33-99-60(17-72)37-96-45-67(104-34-57(82)27-94-40-64(102-30-53(78)21-87-3)43-97-39-63(36-90-6)101-29-52(77)20-86-2)47-106-61(18-73)46-105-59-9-13-69(14-10-59)108(83,84)68-11-7-58(8-12-68)98-32-55(80)25-95-42-65(41-91-23-49(74)15-70)107-48-66(44-92-24-50(75)16-71)103-31-54(79)22-88-4/h7-14,49-57,60-67,70-82H,15-48H2,1-6H3. The minimum atomic E-state index is -4.09. The Kier molecular flexibility index (Phi) is 59.6. The van der Waals surface area contributed by atoms with Crippen molar-refractivity contribution in [2.45, 2.75) is 114 Å². The van der Waals surface area contributed by atoms with Crippen molar-refractivity contribution in [3.05, 3.63) is 48.5 Å². The molecule has 39 heteroatoms. The van der Waals surface area contributed by atoms with Crippen LogP contribution in [0.5, 0.6) is 11.5 Å². The van der Waals surface area contributed by atoms with Gasteiger partial charge >= 0.3 is 0 Å². The molecular formula is C69H124O38S. The average molecular weight is 1590 g/mol. The smallest absolute Gasteiger partial charge is 0.206 e. The van der Waals surface area contributed by atoms with Gasteiger partial charge in [-0.25, -0.2) is 8.42 Å². The van der Waals surface area contributed by atoms with Crippen molar-refractivity contribution in [1.29, 1.82) is 0 Å². The SMILES string of the molecule is COCC(O)COC(COC)COCC(O)COC(CO)COCC(COC(CO)COc1ccc(S(=O)(=O)c2ccc(OCC(O)COCC(COCC(O)CO)OCC(COCC(O)CO)OCC(O)COC)cc2)cc1)OCC(O)COCC(COCC(COC)OCC(O)COC)OCC(O)COC. The van der Waals surface area contributed by atoms with Gasteiger partial charge in [0.1, 0.15) is 128 Å². The number of aliphatic hydroxyl groups is 13. The molecule has 0 fully saturated rings. The van der Waals surface area contributed by atoms with Crippen LogP contribution in [0, 0.1) is 0 Å². The Hall–Kier alpha value is -3.37. The van der Waals surface area contributed by atoms with Gasteiger partial charge in [0.25, 0.3) is 0 Å². The molecule has 17 atom stereocenters. The molecule has 38 nitrogen and oxygen atoms in total. The van der Waals surface area contributed by atoms with E-state index in [1.54, 1.807) is 0 Å². The van der Waals surface area contributed by atoms with E-state index < -0.39 is 140 Å². The van der Waals surface area contributed by atoms with Crippen LogP contribution in [-0.2, 0) is 109 Å². The maximum Gasteiger partial charge on any atom is 0.206 e. The number of rotatable bonds is 76. The molecule has 0 aliphatic carbocycles. The van der Waals surface area contributed by atoms with Crippen molar-refractivity contribution < 1.29 is 184 Å². The summed E-state index contributed by atoms with van der Waals surface area (Å²) in [7, 11) is 4.61. The Morgan fingerprint density at radius 1 is 0.231 bits per heavy atom. The molecule has 0 saturated carbocycles. The van der Waals surface area contributed by atoms with E-state index in [0.29, 0.717) is 0 Å². The summed E-state index contributed by atoms with van der Waals surface area (Å²) in [5.74, 6) is 0.446. The summed E-state index contributed by atoms with van der Waals surface area (Å²) in [6, 6.07) is 11.0. The van der Waals surface area contributed by atoms with Gasteiger partial charge in [0.05, 0.1) is 221 Å². The van der Waals surface area contributed by atoms with Gasteiger partial charge in [0, 0.05) is 42.7 Å². The van der Waals surface area contributed by atoms with Gasteiger partial charge in [-0.1, -0.05) is 0 Å². The number of hydrogen-bond donors (Lipinski definition) is 13. The number of benzene rings is 2. The number of hydrogen-bond acceptors (Lipinski definition) is 38. The third kappa shape index (κ3) is 49.3. The first-order chi connectivity index (χ1) is 52.1. The molecule has 0 spiro atoms. The second kappa shape index (κ2) is 64.0. The van der Waals surface area contributed by atoms with Gasteiger partial charge < -0.3 is 175 Å². The maximum atomic E-state index is 13.8. The monoisotopic (exact) mass is 1590 g/mol. The topological polar surface area (TPSA) is 509 Å². The van der Waals surface area contributed by atoms with Gasteiger partial charge in [-0.3, -0.25) is 0 Å². The molecule has 2 aromatic rings. The number of methoxy groups -OCH3 is 6. The van der Waals surface area contributed by atoms with E-state index in [9.17, 15) is 69.7 Å². The molecule has 0 aliphatic rings. The molecule has 0 aromatic heterocycles. The second-order valence-corrected chi connectivity index (χ2v) is 26.8. The Bertz CT molecular complexity index is 2470. The highest BCUT2D eigenvalue weighted by Gasteiger charge is 2.26. The Morgan fingerprint density at radius 2 is 0.444 bits per heavy atom. The molecule has 0 heterocycles. The van der Waals surface area contributed by atoms with Crippen LogP contribution in [0.3, 0.4) is 0 Å². The molecule has 0 amide bonds. The van der Waals surface area contributed by atoms with E-state index in [4.69, 9.17) is 114 Å². The van der Waals surface area contributed by atoms with Crippen LogP contribution in [0.4, 0.5) is 0 Å². The van der Waals surface area contributed by atoms with E-state index >= 15 is 0 Å². The lowest BCUT2D eigenvalue weighted by atomic mass is 10.3. The highest BCUT2D eigenvalue weighted by atomic mass is 32.2. The zero-order valence-corrected chi connectivity index (χ0v) is 63.7. The zero-order valence-electron chi connectivity index (χ0n) is 62.9. The van der Waals surface area contributed by atoms with E-state index in [0.717, 1.165) is 0 Å². The summed E-state index contributed by atoms with van der Waals surface area (Å²) >= 11 is 0. The molecule has 2 aromatic carbocycles.